The van der Waals surface area contributed by atoms with Crippen molar-refractivity contribution in [3.63, 3.8) is 0 Å². The van der Waals surface area contributed by atoms with Crippen molar-refractivity contribution in [2.24, 2.45) is 11.8 Å². The van der Waals surface area contributed by atoms with E-state index in [-0.39, 0.29) is 11.9 Å². The van der Waals surface area contributed by atoms with Crippen LogP contribution in [0, 0.1) is 23.2 Å². The highest BCUT2D eigenvalue weighted by atomic mass is 16.5. The predicted octanol–water partition coefficient (Wildman–Crippen LogP) is 2.48. The molecule has 4 atom stereocenters. The molecule has 0 bridgehead atoms. The summed E-state index contributed by atoms with van der Waals surface area (Å²) in [6, 6.07) is 12.6. The van der Waals surface area contributed by atoms with Gasteiger partial charge < -0.3 is 14.9 Å². The third-order valence-corrected chi connectivity index (χ3v) is 5.61. The van der Waals surface area contributed by atoms with Crippen LogP contribution >= 0.6 is 0 Å². The third kappa shape index (κ3) is 4.05. The van der Waals surface area contributed by atoms with Gasteiger partial charge in [-0.2, -0.15) is 5.26 Å². The summed E-state index contributed by atoms with van der Waals surface area (Å²) in [4.78, 5) is 6.39. The molecule has 4 rings (SSSR count). The topological polar surface area (TPSA) is 89.6 Å². The van der Waals surface area contributed by atoms with Gasteiger partial charge in [0.05, 0.1) is 29.6 Å². The van der Waals surface area contributed by atoms with E-state index >= 15 is 0 Å². The zero-order chi connectivity index (χ0) is 18.8. The molecule has 2 fully saturated rings. The molecule has 1 aliphatic carbocycles. The summed E-state index contributed by atoms with van der Waals surface area (Å²) < 4.78 is 6.10. The minimum absolute atomic E-state index is 0.106. The van der Waals surface area contributed by atoms with E-state index in [9.17, 15) is 10.2 Å². The number of rotatable bonds is 5. The SMILES string of the molecule is N#Cc1ccc(OC2C[C@@H]3CN(C[C@H](O)c4ccc(O)cn4)C[C@@H]3C2)cc1. The number of hydrogen-bond donors (Lipinski definition) is 2. The van der Waals surface area contributed by atoms with Crippen LogP contribution in [0.3, 0.4) is 0 Å². The number of nitriles is 1. The molecule has 0 radical (unpaired) electrons. The predicted molar refractivity (Wildman–Crippen MR) is 99.1 cm³/mol. The molecule has 0 amide bonds. The molecule has 1 unspecified atom stereocenters. The molecule has 1 saturated carbocycles. The van der Waals surface area contributed by atoms with E-state index in [0.29, 0.717) is 29.6 Å². The van der Waals surface area contributed by atoms with Gasteiger partial charge in [0.2, 0.25) is 0 Å². The fourth-order valence-corrected chi connectivity index (χ4v) is 4.32. The number of pyridine rings is 1. The Morgan fingerprint density at radius 1 is 1.15 bits per heavy atom. The normalized spacial score (nSPS) is 25.7. The van der Waals surface area contributed by atoms with E-state index in [4.69, 9.17) is 10.00 Å². The molecule has 1 aliphatic heterocycles. The lowest BCUT2D eigenvalue weighted by Crippen LogP contribution is -2.29. The van der Waals surface area contributed by atoms with E-state index in [2.05, 4.69) is 16.0 Å². The summed E-state index contributed by atoms with van der Waals surface area (Å²) in [7, 11) is 0. The summed E-state index contributed by atoms with van der Waals surface area (Å²) in [5, 5.41) is 28.6. The molecule has 2 aliphatic rings. The standard InChI is InChI=1S/C21H23N3O3/c22-9-14-1-4-18(5-2-14)27-19-7-15-11-24(12-16(15)8-19)13-21(26)20-6-3-17(25)10-23-20/h1-6,10,15-16,19,21,25-26H,7-8,11-13H2/t15-,16+,19?,21-/m0/s1. The number of ether oxygens (including phenoxy) is 1. The molecule has 2 heterocycles. The van der Waals surface area contributed by atoms with E-state index in [0.717, 1.165) is 31.7 Å². The van der Waals surface area contributed by atoms with Gasteiger partial charge in [-0.3, -0.25) is 9.88 Å². The number of β-amino-alcohol motifs (C(OH)–C–C–N with tert-alkyl or cyclic N) is 1. The average Bonchev–Trinajstić information content (AvgIpc) is 3.20. The van der Waals surface area contributed by atoms with Crippen LogP contribution in [0.2, 0.25) is 0 Å². The van der Waals surface area contributed by atoms with Crippen LogP contribution in [0.1, 0.15) is 30.2 Å². The molecule has 6 nitrogen and oxygen atoms in total. The Morgan fingerprint density at radius 3 is 2.44 bits per heavy atom. The highest BCUT2D eigenvalue weighted by Crippen LogP contribution is 2.40. The van der Waals surface area contributed by atoms with E-state index in [1.807, 2.05) is 12.1 Å². The second-order valence-corrected chi connectivity index (χ2v) is 7.54. The number of likely N-dealkylation sites (tertiary alicyclic amines) is 1. The average molecular weight is 365 g/mol. The van der Waals surface area contributed by atoms with Gasteiger partial charge in [-0.1, -0.05) is 0 Å². The first-order valence-corrected chi connectivity index (χ1v) is 9.33. The number of aliphatic hydroxyl groups excluding tert-OH is 1. The maximum absolute atomic E-state index is 10.4. The third-order valence-electron chi connectivity index (χ3n) is 5.61. The van der Waals surface area contributed by atoms with Gasteiger partial charge in [-0.15, -0.1) is 0 Å². The fourth-order valence-electron chi connectivity index (χ4n) is 4.32. The quantitative estimate of drug-likeness (QED) is 0.846. The molecule has 1 saturated heterocycles. The Morgan fingerprint density at radius 2 is 1.85 bits per heavy atom. The number of benzene rings is 1. The number of nitrogens with zero attached hydrogens (tertiary/aromatic N) is 3. The van der Waals surface area contributed by atoms with Gasteiger partial charge in [-0.25, -0.2) is 0 Å². The Kier molecular flexibility index (Phi) is 4.97. The minimum atomic E-state index is -0.643. The molecule has 140 valence electrons. The second-order valence-electron chi connectivity index (χ2n) is 7.54. The van der Waals surface area contributed by atoms with Crippen LogP contribution in [0.15, 0.2) is 42.6 Å². The van der Waals surface area contributed by atoms with Gasteiger partial charge in [0.1, 0.15) is 17.6 Å². The molecule has 27 heavy (non-hydrogen) atoms. The molecule has 0 spiro atoms. The Labute approximate surface area is 158 Å². The van der Waals surface area contributed by atoms with Crippen molar-refractivity contribution in [1.29, 1.82) is 5.26 Å². The number of hydrogen-bond acceptors (Lipinski definition) is 6. The van der Waals surface area contributed by atoms with Crippen LogP contribution in [0.5, 0.6) is 11.5 Å². The summed E-state index contributed by atoms with van der Waals surface area (Å²) in [6.07, 6.45) is 2.99. The number of aromatic hydroxyl groups is 1. The number of aliphatic hydroxyl groups is 1. The van der Waals surface area contributed by atoms with Crippen molar-refractivity contribution in [2.45, 2.75) is 25.0 Å². The van der Waals surface area contributed by atoms with E-state index < -0.39 is 6.10 Å². The number of aromatic nitrogens is 1. The van der Waals surface area contributed by atoms with Gasteiger partial charge in [0.15, 0.2) is 0 Å². The lowest BCUT2D eigenvalue weighted by atomic mass is 10.0. The molecular weight excluding hydrogens is 342 g/mol. The van der Waals surface area contributed by atoms with Gasteiger partial charge in [0.25, 0.3) is 0 Å². The zero-order valence-electron chi connectivity index (χ0n) is 15.0. The van der Waals surface area contributed by atoms with E-state index in [1.54, 1.807) is 24.3 Å². The fraction of sp³-hybridized carbons (Fsp3) is 0.429. The number of fused-ring (bicyclic) bond motifs is 1. The van der Waals surface area contributed by atoms with Gasteiger partial charge in [0, 0.05) is 19.6 Å². The summed E-state index contributed by atoms with van der Waals surface area (Å²) in [5.74, 6) is 2.11. The first kappa shape index (κ1) is 17.8. The summed E-state index contributed by atoms with van der Waals surface area (Å²) >= 11 is 0. The molecule has 1 aromatic carbocycles. The van der Waals surface area contributed by atoms with Crippen LogP contribution in [-0.4, -0.2) is 45.8 Å². The summed E-state index contributed by atoms with van der Waals surface area (Å²) in [6.45, 7) is 2.49. The van der Waals surface area contributed by atoms with Gasteiger partial charge in [-0.05, 0) is 61.1 Å². The largest absolute Gasteiger partial charge is 0.506 e. The molecule has 2 N–H and O–H groups in total. The van der Waals surface area contributed by atoms with Crippen molar-refractivity contribution in [1.82, 2.24) is 9.88 Å². The van der Waals surface area contributed by atoms with Crippen molar-refractivity contribution >= 4 is 0 Å². The Bertz CT molecular complexity index is 802. The monoisotopic (exact) mass is 365 g/mol. The van der Waals surface area contributed by atoms with Crippen molar-refractivity contribution in [3.8, 4) is 17.6 Å². The van der Waals surface area contributed by atoms with E-state index in [1.165, 1.54) is 6.20 Å². The van der Waals surface area contributed by atoms with Gasteiger partial charge >= 0.3 is 0 Å². The smallest absolute Gasteiger partial charge is 0.133 e. The Hall–Kier alpha value is -2.62. The van der Waals surface area contributed by atoms with Crippen molar-refractivity contribution in [3.05, 3.63) is 53.9 Å². The van der Waals surface area contributed by atoms with Crippen LogP contribution in [0.4, 0.5) is 0 Å². The van der Waals surface area contributed by atoms with Crippen molar-refractivity contribution in [2.75, 3.05) is 19.6 Å². The zero-order valence-corrected chi connectivity index (χ0v) is 15.0. The van der Waals surface area contributed by atoms with Crippen LogP contribution < -0.4 is 4.74 Å². The maximum Gasteiger partial charge on any atom is 0.133 e. The van der Waals surface area contributed by atoms with Crippen molar-refractivity contribution < 1.29 is 14.9 Å². The molecule has 1 aromatic heterocycles. The molecule has 2 aromatic rings. The summed E-state index contributed by atoms with van der Waals surface area (Å²) in [5.41, 5.74) is 1.23. The lowest BCUT2D eigenvalue weighted by Gasteiger charge is -2.22. The first-order chi connectivity index (χ1) is 13.1. The highest BCUT2D eigenvalue weighted by Gasteiger charge is 2.42. The van der Waals surface area contributed by atoms with Crippen LogP contribution in [0.25, 0.3) is 0 Å². The lowest BCUT2D eigenvalue weighted by molar-refractivity contribution is 0.113. The molecular formula is C21H23N3O3. The van der Waals surface area contributed by atoms with Crippen LogP contribution in [-0.2, 0) is 0 Å². The first-order valence-electron chi connectivity index (χ1n) is 9.33. The Balaban J connectivity index is 1.27. The minimum Gasteiger partial charge on any atom is -0.506 e. The second kappa shape index (κ2) is 7.55. The highest BCUT2D eigenvalue weighted by molar-refractivity contribution is 5.34. The molecule has 6 heteroatoms. The maximum atomic E-state index is 10.4.